The molecule has 1 aromatic carbocycles. The second-order valence-electron chi connectivity index (χ2n) is 4.94. The molecular weight excluding hydrogens is 266 g/mol. The first-order valence-electron chi connectivity index (χ1n) is 6.92. The Balaban J connectivity index is 1.80. The van der Waals surface area contributed by atoms with Gasteiger partial charge < -0.3 is 15.5 Å². The van der Waals surface area contributed by atoms with E-state index in [2.05, 4.69) is 20.8 Å². The summed E-state index contributed by atoms with van der Waals surface area (Å²) in [7, 11) is 3.45. The number of rotatable bonds is 6. The maximum absolute atomic E-state index is 11.3. The Kier molecular flexibility index (Phi) is 5.34. The lowest BCUT2D eigenvalue weighted by atomic mass is 10.1. The average Bonchev–Trinajstić information content (AvgIpc) is 2.96. The Hall–Kier alpha value is -2.34. The number of benzene rings is 1. The van der Waals surface area contributed by atoms with Crippen LogP contribution in [-0.4, -0.2) is 48.3 Å². The molecule has 112 valence electrons. The third-order valence-corrected chi connectivity index (χ3v) is 3.08. The summed E-state index contributed by atoms with van der Waals surface area (Å²) in [6.45, 7) is 2.01. The molecule has 2 aromatic rings. The van der Waals surface area contributed by atoms with E-state index in [0.29, 0.717) is 19.6 Å². The molecular formula is C15H21N5O. The van der Waals surface area contributed by atoms with Crippen molar-refractivity contribution in [2.45, 2.75) is 6.54 Å². The van der Waals surface area contributed by atoms with Crippen LogP contribution in [0.2, 0.25) is 0 Å². The standard InChI is InChI=1S/C15H21N5O/c1-20(2)15(21)17-9-8-16-10-13-11-18-19-14(13)12-6-4-3-5-7-12/h3-7,11,16H,8-10H2,1-2H3,(H,17,21)(H,18,19). The third-order valence-electron chi connectivity index (χ3n) is 3.08. The van der Waals surface area contributed by atoms with Gasteiger partial charge in [0.1, 0.15) is 0 Å². The summed E-state index contributed by atoms with van der Waals surface area (Å²) < 4.78 is 0. The summed E-state index contributed by atoms with van der Waals surface area (Å²) >= 11 is 0. The normalized spacial score (nSPS) is 10.4. The van der Waals surface area contributed by atoms with Gasteiger partial charge in [-0.1, -0.05) is 30.3 Å². The van der Waals surface area contributed by atoms with E-state index >= 15 is 0 Å². The zero-order valence-electron chi connectivity index (χ0n) is 12.4. The van der Waals surface area contributed by atoms with E-state index in [0.717, 1.165) is 16.8 Å². The molecule has 6 nitrogen and oxygen atoms in total. The number of amides is 2. The van der Waals surface area contributed by atoms with Crippen LogP contribution in [0.5, 0.6) is 0 Å². The highest BCUT2D eigenvalue weighted by molar-refractivity contribution is 5.73. The summed E-state index contributed by atoms with van der Waals surface area (Å²) in [5, 5.41) is 13.2. The molecule has 0 atom stereocenters. The number of urea groups is 1. The second kappa shape index (κ2) is 7.44. The Labute approximate surface area is 124 Å². The van der Waals surface area contributed by atoms with Gasteiger partial charge in [0, 0.05) is 39.3 Å². The molecule has 0 saturated heterocycles. The van der Waals surface area contributed by atoms with Crippen LogP contribution in [0.25, 0.3) is 11.3 Å². The first-order chi connectivity index (χ1) is 10.2. The monoisotopic (exact) mass is 287 g/mol. The molecule has 0 spiro atoms. The zero-order valence-corrected chi connectivity index (χ0v) is 12.4. The molecule has 0 radical (unpaired) electrons. The number of aromatic nitrogens is 2. The van der Waals surface area contributed by atoms with Crippen LogP contribution in [-0.2, 0) is 6.54 Å². The fraction of sp³-hybridized carbons (Fsp3) is 0.333. The van der Waals surface area contributed by atoms with Gasteiger partial charge in [-0.15, -0.1) is 0 Å². The van der Waals surface area contributed by atoms with E-state index in [-0.39, 0.29) is 6.03 Å². The van der Waals surface area contributed by atoms with E-state index < -0.39 is 0 Å². The molecule has 1 aromatic heterocycles. The summed E-state index contributed by atoms with van der Waals surface area (Å²) in [5.74, 6) is 0. The van der Waals surface area contributed by atoms with Crippen LogP contribution < -0.4 is 10.6 Å². The average molecular weight is 287 g/mol. The van der Waals surface area contributed by atoms with Crippen molar-refractivity contribution in [3.8, 4) is 11.3 Å². The molecule has 0 aliphatic heterocycles. The molecule has 0 aliphatic rings. The molecule has 2 amide bonds. The van der Waals surface area contributed by atoms with E-state index in [9.17, 15) is 4.79 Å². The number of carbonyl (C=O) groups excluding carboxylic acids is 1. The van der Waals surface area contributed by atoms with Crippen molar-refractivity contribution in [3.63, 3.8) is 0 Å². The van der Waals surface area contributed by atoms with Crippen molar-refractivity contribution in [2.24, 2.45) is 0 Å². The number of hydrogen-bond donors (Lipinski definition) is 3. The lowest BCUT2D eigenvalue weighted by Gasteiger charge is -2.12. The summed E-state index contributed by atoms with van der Waals surface area (Å²) in [4.78, 5) is 12.9. The SMILES string of the molecule is CN(C)C(=O)NCCNCc1cn[nH]c1-c1ccccc1. The third kappa shape index (κ3) is 4.32. The lowest BCUT2D eigenvalue weighted by Crippen LogP contribution is -2.38. The predicted molar refractivity (Wildman–Crippen MR) is 82.8 cm³/mol. The molecule has 6 heteroatoms. The highest BCUT2D eigenvalue weighted by Crippen LogP contribution is 2.20. The smallest absolute Gasteiger partial charge is 0.316 e. The Morgan fingerprint density at radius 3 is 2.71 bits per heavy atom. The summed E-state index contributed by atoms with van der Waals surface area (Å²) in [6.07, 6.45) is 1.83. The van der Waals surface area contributed by atoms with Crippen LogP contribution in [0.1, 0.15) is 5.56 Å². The molecule has 21 heavy (non-hydrogen) atoms. The maximum Gasteiger partial charge on any atom is 0.316 e. The number of nitrogens with zero attached hydrogens (tertiary/aromatic N) is 2. The van der Waals surface area contributed by atoms with E-state index in [1.54, 1.807) is 14.1 Å². The van der Waals surface area contributed by atoms with Crippen molar-refractivity contribution in [2.75, 3.05) is 27.2 Å². The van der Waals surface area contributed by atoms with Gasteiger partial charge in [0.05, 0.1) is 11.9 Å². The summed E-state index contributed by atoms with van der Waals surface area (Å²) in [6, 6.07) is 10.0. The van der Waals surface area contributed by atoms with E-state index in [1.807, 2.05) is 36.5 Å². The van der Waals surface area contributed by atoms with Gasteiger partial charge in [0.25, 0.3) is 0 Å². The van der Waals surface area contributed by atoms with Crippen LogP contribution in [0, 0.1) is 0 Å². The van der Waals surface area contributed by atoms with Gasteiger partial charge >= 0.3 is 6.03 Å². The maximum atomic E-state index is 11.3. The minimum atomic E-state index is -0.0786. The Morgan fingerprint density at radius 1 is 1.24 bits per heavy atom. The molecule has 1 heterocycles. The van der Waals surface area contributed by atoms with Crippen LogP contribution in [0.4, 0.5) is 4.79 Å². The summed E-state index contributed by atoms with van der Waals surface area (Å²) in [5.41, 5.74) is 3.26. The Bertz CT molecular complexity index is 564. The highest BCUT2D eigenvalue weighted by atomic mass is 16.2. The van der Waals surface area contributed by atoms with Crippen LogP contribution in [0.3, 0.4) is 0 Å². The largest absolute Gasteiger partial charge is 0.337 e. The number of hydrogen-bond acceptors (Lipinski definition) is 3. The molecule has 0 aliphatic carbocycles. The van der Waals surface area contributed by atoms with Gasteiger partial charge in [-0.3, -0.25) is 5.10 Å². The van der Waals surface area contributed by atoms with Crippen molar-refractivity contribution in [1.82, 2.24) is 25.7 Å². The quantitative estimate of drug-likeness (QED) is 0.704. The van der Waals surface area contributed by atoms with Gasteiger partial charge in [0.2, 0.25) is 0 Å². The topological polar surface area (TPSA) is 73.1 Å². The first kappa shape index (κ1) is 15.1. The highest BCUT2D eigenvalue weighted by Gasteiger charge is 2.07. The Morgan fingerprint density at radius 2 is 2.00 bits per heavy atom. The van der Waals surface area contributed by atoms with Crippen molar-refractivity contribution in [3.05, 3.63) is 42.1 Å². The van der Waals surface area contributed by atoms with Gasteiger partial charge in [-0.25, -0.2) is 4.79 Å². The molecule has 3 N–H and O–H groups in total. The van der Waals surface area contributed by atoms with Crippen molar-refractivity contribution >= 4 is 6.03 Å². The van der Waals surface area contributed by atoms with Gasteiger partial charge in [0.15, 0.2) is 0 Å². The minimum absolute atomic E-state index is 0.0786. The van der Waals surface area contributed by atoms with E-state index in [1.165, 1.54) is 4.90 Å². The fourth-order valence-corrected chi connectivity index (χ4v) is 1.94. The fourth-order valence-electron chi connectivity index (χ4n) is 1.94. The van der Waals surface area contributed by atoms with E-state index in [4.69, 9.17) is 0 Å². The second-order valence-corrected chi connectivity index (χ2v) is 4.94. The number of carbonyl (C=O) groups is 1. The van der Waals surface area contributed by atoms with Crippen molar-refractivity contribution < 1.29 is 4.79 Å². The molecule has 0 saturated carbocycles. The molecule has 0 bridgehead atoms. The molecule has 0 unspecified atom stereocenters. The lowest BCUT2D eigenvalue weighted by molar-refractivity contribution is 0.217. The van der Waals surface area contributed by atoms with Gasteiger partial charge in [-0.05, 0) is 5.56 Å². The molecule has 2 rings (SSSR count). The number of nitrogens with one attached hydrogen (secondary N) is 3. The van der Waals surface area contributed by atoms with Crippen molar-refractivity contribution in [1.29, 1.82) is 0 Å². The molecule has 0 fully saturated rings. The minimum Gasteiger partial charge on any atom is -0.337 e. The number of aromatic amines is 1. The van der Waals surface area contributed by atoms with Gasteiger partial charge in [-0.2, -0.15) is 5.10 Å². The first-order valence-corrected chi connectivity index (χ1v) is 6.92. The van der Waals surface area contributed by atoms with Crippen LogP contribution >= 0.6 is 0 Å². The predicted octanol–water partition coefficient (Wildman–Crippen LogP) is 1.44. The number of H-pyrrole nitrogens is 1. The van der Waals surface area contributed by atoms with Crippen LogP contribution in [0.15, 0.2) is 36.5 Å². The zero-order chi connectivity index (χ0) is 15.1.